The fraction of sp³-hybridized carbons (Fsp3) is 0.192. The van der Waals surface area contributed by atoms with Gasteiger partial charge in [0, 0.05) is 27.6 Å². The average Bonchev–Trinajstić information content (AvgIpc) is 2.82. The summed E-state index contributed by atoms with van der Waals surface area (Å²) < 4.78 is 5.16. The average molecular weight is 459 g/mol. The molecule has 0 spiro atoms. The lowest BCUT2D eigenvalue weighted by molar-refractivity contribution is 0.1000. The number of ether oxygens (including phenoxy) is 1. The smallest absolute Gasteiger partial charge is 0.411 e. The Bertz CT molecular complexity index is 1370. The van der Waals surface area contributed by atoms with Crippen LogP contribution in [0, 0.1) is 5.92 Å². The van der Waals surface area contributed by atoms with Crippen LogP contribution in [0.15, 0.2) is 66.7 Å². The van der Waals surface area contributed by atoms with Gasteiger partial charge in [0.15, 0.2) is 6.23 Å². The first-order valence-corrected chi connectivity index (χ1v) is 10.9. The van der Waals surface area contributed by atoms with Crippen molar-refractivity contribution in [1.82, 2.24) is 4.98 Å². The zero-order chi connectivity index (χ0) is 24.2. The molecule has 0 aliphatic rings. The van der Waals surface area contributed by atoms with Gasteiger partial charge in [-0.25, -0.2) is 9.78 Å². The Hall–Kier alpha value is -4.17. The summed E-state index contributed by atoms with van der Waals surface area (Å²) in [6, 6.07) is 19.4. The number of amides is 2. The molecule has 0 fully saturated rings. The van der Waals surface area contributed by atoms with E-state index in [1.54, 1.807) is 42.5 Å². The number of carbonyl (C=O) groups is 2. The lowest BCUT2D eigenvalue weighted by Crippen LogP contribution is -2.17. The first kappa shape index (κ1) is 23.0. The molecular formula is C26H26N4O4. The van der Waals surface area contributed by atoms with Crippen molar-refractivity contribution in [1.29, 1.82) is 0 Å². The maximum atomic E-state index is 12.0. The molecule has 0 aliphatic heterocycles. The molecule has 8 heteroatoms. The lowest BCUT2D eigenvalue weighted by Gasteiger charge is -2.19. The van der Waals surface area contributed by atoms with E-state index < -0.39 is 18.2 Å². The largest absolute Gasteiger partial charge is 0.449 e. The van der Waals surface area contributed by atoms with Crippen LogP contribution in [0.4, 0.5) is 16.2 Å². The number of hydrogen-bond donors (Lipinski definition) is 4. The maximum absolute atomic E-state index is 12.0. The fourth-order valence-corrected chi connectivity index (χ4v) is 3.60. The van der Waals surface area contributed by atoms with Crippen molar-refractivity contribution in [3.8, 4) is 0 Å². The summed E-state index contributed by atoms with van der Waals surface area (Å²) in [5.74, 6) is -0.310. The van der Waals surface area contributed by atoms with E-state index in [0.29, 0.717) is 40.1 Å². The Morgan fingerprint density at radius 1 is 1.00 bits per heavy atom. The van der Waals surface area contributed by atoms with Crippen molar-refractivity contribution in [2.24, 2.45) is 11.7 Å². The van der Waals surface area contributed by atoms with Crippen LogP contribution in [0.25, 0.3) is 21.8 Å². The normalized spacial score (nSPS) is 12.0. The first-order valence-electron chi connectivity index (χ1n) is 10.9. The number of nitrogens with zero attached hydrogens (tertiary/aromatic N) is 1. The van der Waals surface area contributed by atoms with Crippen molar-refractivity contribution < 1.29 is 19.4 Å². The summed E-state index contributed by atoms with van der Waals surface area (Å²) >= 11 is 0. The van der Waals surface area contributed by atoms with Crippen molar-refractivity contribution in [3.63, 3.8) is 0 Å². The molecule has 5 N–H and O–H groups in total. The molecule has 4 aromatic rings. The number of aliphatic hydroxyl groups excluding tert-OH is 1. The van der Waals surface area contributed by atoms with Gasteiger partial charge in [0.25, 0.3) is 0 Å². The second-order valence-corrected chi connectivity index (χ2v) is 8.39. The molecule has 0 bridgehead atoms. The molecule has 2 amide bonds. The number of rotatable bonds is 7. The maximum Gasteiger partial charge on any atom is 0.411 e. The third-order valence-corrected chi connectivity index (χ3v) is 5.24. The van der Waals surface area contributed by atoms with Crippen LogP contribution in [0.5, 0.6) is 0 Å². The number of pyridine rings is 1. The number of nitrogens with two attached hydrogens (primary N) is 1. The van der Waals surface area contributed by atoms with Gasteiger partial charge in [-0.3, -0.25) is 10.1 Å². The van der Waals surface area contributed by atoms with Gasteiger partial charge in [-0.15, -0.1) is 0 Å². The zero-order valence-electron chi connectivity index (χ0n) is 18.9. The minimum atomic E-state index is -1.08. The lowest BCUT2D eigenvalue weighted by atomic mass is 10.0. The number of primary amides is 1. The quantitative estimate of drug-likeness (QED) is 0.233. The number of hydrogen-bond acceptors (Lipinski definition) is 6. The Morgan fingerprint density at radius 2 is 1.76 bits per heavy atom. The van der Waals surface area contributed by atoms with Crippen LogP contribution in [-0.4, -0.2) is 28.7 Å². The van der Waals surface area contributed by atoms with Gasteiger partial charge in [-0.1, -0.05) is 44.2 Å². The van der Waals surface area contributed by atoms with Gasteiger partial charge < -0.3 is 20.9 Å². The Labute approximate surface area is 196 Å². The molecule has 0 aliphatic carbocycles. The monoisotopic (exact) mass is 458 g/mol. The Balaban J connectivity index is 1.65. The van der Waals surface area contributed by atoms with Gasteiger partial charge in [-0.2, -0.15) is 0 Å². The second-order valence-electron chi connectivity index (χ2n) is 8.39. The zero-order valence-corrected chi connectivity index (χ0v) is 18.9. The summed E-state index contributed by atoms with van der Waals surface area (Å²) in [6.07, 6.45) is -1.64. The predicted octanol–water partition coefficient (Wildman–Crippen LogP) is 4.79. The summed E-state index contributed by atoms with van der Waals surface area (Å²) in [5.41, 5.74) is 8.78. The van der Waals surface area contributed by atoms with E-state index in [0.717, 1.165) is 10.8 Å². The highest BCUT2D eigenvalue weighted by molar-refractivity contribution is 6.09. The van der Waals surface area contributed by atoms with Gasteiger partial charge in [0.05, 0.1) is 23.3 Å². The number of fused-ring (bicyclic) bond motifs is 2. The highest BCUT2D eigenvalue weighted by atomic mass is 16.5. The van der Waals surface area contributed by atoms with Gasteiger partial charge in [0.1, 0.15) is 0 Å². The molecule has 1 atom stereocenters. The van der Waals surface area contributed by atoms with Crippen LogP contribution in [0.1, 0.15) is 36.0 Å². The second kappa shape index (κ2) is 9.76. The van der Waals surface area contributed by atoms with Crippen molar-refractivity contribution in [2.75, 3.05) is 17.2 Å². The number of aromatic nitrogens is 1. The van der Waals surface area contributed by atoms with Gasteiger partial charge in [-0.05, 0) is 42.3 Å². The van der Waals surface area contributed by atoms with E-state index >= 15 is 0 Å². The van der Waals surface area contributed by atoms with E-state index in [-0.39, 0.29) is 5.92 Å². The van der Waals surface area contributed by atoms with E-state index in [2.05, 4.69) is 15.6 Å². The van der Waals surface area contributed by atoms with Gasteiger partial charge >= 0.3 is 6.09 Å². The SMILES string of the molecule is CC(C)COC(=O)Nc1cccc(C(O)Nc2c3ccccc3nc3cc(C(N)=O)ccc23)c1. The summed E-state index contributed by atoms with van der Waals surface area (Å²) in [4.78, 5) is 28.3. The van der Waals surface area contributed by atoms with Crippen molar-refractivity contribution in [3.05, 3.63) is 77.9 Å². The summed E-state index contributed by atoms with van der Waals surface area (Å²) in [7, 11) is 0. The molecule has 0 saturated carbocycles. The topological polar surface area (TPSA) is 127 Å². The molecule has 3 aromatic carbocycles. The minimum absolute atomic E-state index is 0.229. The molecule has 0 saturated heterocycles. The number of benzene rings is 3. The highest BCUT2D eigenvalue weighted by Crippen LogP contribution is 2.33. The molecule has 1 aromatic heterocycles. The van der Waals surface area contributed by atoms with E-state index in [9.17, 15) is 14.7 Å². The first-order chi connectivity index (χ1) is 16.3. The standard InChI is InChI=1S/C26H26N4O4/c1-15(2)14-34-26(33)28-18-7-5-6-17(12-18)25(32)30-23-19-8-3-4-9-21(19)29-22-13-16(24(27)31)10-11-20(22)23/h3-13,15,25,32H,14H2,1-2H3,(H2,27,31)(H,28,33)(H,29,30). The third-order valence-electron chi connectivity index (χ3n) is 5.24. The number of carbonyl (C=O) groups excluding carboxylic acids is 2. The predicted molar refractivity (Wildman–Crippen MR) is 133 cm³/mol. The van der Waals surface area contributed by atoms with Crippen LogP contribution < -0.4 is 16.4 Å². The third kappa shape index (κ3) is 5.07. The molecule has 1 heterocycles. The number of aliphatic hydroxyl groups is 1. The van der Waals surface area contributed by atoms with E-state index in [1.807, 2.05) is 38.1 Å². The molecule has 34 heavy (non-hydrogen) atoms. The Kier molecular flexibility index (Phi) is 6.60. The van der Waals surface area contributed by atoms with E-state index in [4.69, 9.17) is 10.5 Å². The van der Waals surface area contributed by atoms with Crippen LogP contribution >= 0.6 is 0 Å². The van der Waals surface area contributed by atoms with Crippen LogP contribution in [0.2, 0.25) is 0 Å². The molecule has 8 nitrogen and oxygen atoms in total. The van der Waals surface area contributed by atoms with Crippen LogP contribution in [-0.2, 0) is 4.74 Å². The summed E-state index contributed by atoms with van der Waals surface area (Å²) in [5, 5.41) is 18.4. The number of anilines is 2. The number of para-hydroxylation sites is 1. The van der Waals surface area contributed by atoms with Crippen molar-refractivity contribution in [2.45, 2.75) is 20.1 Å². The molecule has 1 unspecified atom stereocenters. The molecule has 174 valence electrons. The van der Waals surface area contributed by atoms with E-state index in [1.165, 1.54) is 0 Å². The molecule has 0 radical (unpaired) electrons. The van der Waals surface area contributed by atoms with Gasteiger partial charge in [0.2, 0.25) is 5.91 Å². The summed E-state index contributed by atoms with van der Waals surface area (Å²) in [6.45, 7) is 4.23. The fourth-order valence-electron chi connectivity index (χ4n) is 3.60. The minimum Gasteiger partial charge on any atom is -0.449 e. The van der Waals surface area contributed by atoms with Crippen LogP contribution in [0.3, 0.4) is 0 Å². The molecular weight excluding hydrogens is 432 g/mol. The van der Waals surface area contributed by atoms with Crippen molar-refractivity contribution >= 4 is 45.2 Å². The highest BCUT2D eigenvalue weighted by Gasteiger charge is 2.16. The number of nitrogens with one attached hydrogen (secondary N) is 2. The molecule has 4 rings (SSSR count). The Morgan fingerprint density at radius 3 is 2.53 bits per heavy atom.